The van der Waals surface area contributed by atoms with Gasteiger partial charge in [-0.25, -0.2) is 0 Å². The molecule has 0 saturated heterocycles. The Kier molecular flexibility index (Phi) is 5.46. The fourth-order valence-electron chi connectivity index (χ4n) is 2.77. The van der Waals surface area contributed by atoms with Gasteiger partial charge in [0.15, 0.2) is 0 Å². The number of hydrogen-bond donors (Lipinski definition) is 2. The molecule has 1 aliphatic carbocycles. The Morgan fingerprint density at radius 1 is 0.960 bits per heavy atom. The van der Waals surface area contributed by atoms with E-state index in [2.05, 4.69) is 5.32 Å². The zero-order chi connectivity index (χ0) is 17.6. The van der Waals surface area contributed by atoms with E-state index in [9.17, 15) is 9.59 Å². The summed E-state index contributed by atoms with van der Waals surface area (Å²) < 4.78 is 5.72. The Morgan fingerprint density at radius 2 is 1.64 bits per heavy atom. The van der Waals surface area contributed by atoms with Gasteiger partial charge >= 0.3 is 5.97 Å². The van der Waals surface area contributed by atoms with Crippen molar-refractivity contribution in [2.24, 2.45) is 11.8 Å². The van der Waals surface area contributed by atoms with E-state index in [-0.39, 0.29) is 11.8 Å². The number of carbonyl (C=O) groups is 2. The van der Waals surface area contributed by atoms with Gasteiger partial charge in [-0.15, -0.1) is 0 Å². The maximum absolute atomic E-state index is 11.9. The number of hydrogen-bond acceptors (Lipinski definition) is 3. The molecule has 1 amide bonds. The van der Waals surface area contributed by atoms with E-state index in [4.69, 9.17) is 9.84 Å². The summed E-state index contributed by atoms with van der Waals surface area (Å²) in [6.07, 6.45) is 0.439. The lowest BCUT2D eigenvalue weighted by Crippen LogP contribution is -2.25. The van der Waals surface area contributed by atoms with Gasteiger partial charge in [0.1, 0.15) is 0 Å². The first-order chi connectivity index (χ1) is 12.1. The number of aliphatic carboxylic acids is 1. The minimum atomic E-state index is -0.891. The van der Waals surface area contributed by atoms with Gasteiger partial charge in [-0.1, -0.05) is 54.6 Å². The summed E-state index contributed by atoms with van der Waals surface area (Å²) in [7, 11) is 0. The van der Waals surface area contributed by atoms with Crippen molar-refractivity contribution in [2.75, 3.05) is 0 Å². The Labute approximate surface area is 146 Å². The van der Waals surface area contributed by atoms with Crippen molar-refractivity contribution in [3.05, 3.63) is 71.3 Å². The number of carboxylic acids is 1. The van der Waals surface area contributed by atoms with Crippen LogP contribution in [0.25, 0.3) is 0 Å². The molecule has 2 N–H and O–H groups in total. The van der Waals surface area contributed by atoms with Crippen LogP contribution in [0.1, 0.15) is 23.1 Å². The second kappa shape index (κ2) is 7.94. The first-order valence-corrected chi connectivity index (χ1v) is 8.33. The van der Waals surface area contributed by atoms with Gasteiger partial charge < -0.3 is 15.2 Å². The van der Waals surface area contributed by atoms with Crippen molar-refractivity contribution in [3.8, 4) is 0 Å². The molecule has 1 aliphatic rings. The molecular weight excluding hydrogens is 318 g/mol. The minimum Gasteiger partial charge on any atom is -0.481 e. The van der Waals surface area contributed by atoms with E-state index in [1.807, 2.05) is 54.6 Å². The molecule has 130 valence electrons. The van der Waals surface area contributed by atoms with Crippen LogP contribution in [0.4, 0.5) is 0 Å². The summed E-state index contributed by atoms with van der Waals surface area (Å²) >= 11 is 0. The topological polar surface area (TPSA) is 75.6 Å². The molecule has 2 unspecified atom stereocenters. The minimum absolute atomic E-state index is 0.182. The van der Waals surface area contributed by atoms with Crippen molar-refractivity contribution < 1.29 is 19.4 Å². The zero-order valence-corrected chi connectivity index (χ0v) is 13.9. The van der Waals surface area contributed by atoms with E-state index in [0.717, 1.165) is 16.7 Å². The summed E-state index contributed by atoms with van der Waals surface area (Å²) in [5.74, 6) is -1.97. The van der Waals surface area contributed by atoms with Crippen LogP contribution in [0.5, 0.6) is 0 Å². The van der Waals surface area contributed by atoms with Crippen LogP contribution < -0.4 is 5.32 Å². The van der Waals surface area contributed by atoms with Crippen molar-refractivity contribution in [1.82, 2.24) is 5.32 Å². The molecule has 0 radical (unpaired) electrons. The Bertz CT molecular complexity index is 744. The molecule has 0 bridgehead atoms. The van der Waals surface area contributed by atoms with Gasteiger partial charge in [-0.3, -0.25) is 9.59 Å². The summed E-state index contributed by atoms with van der Waals surface area (Å²) in [5.41, 5.74) is 3.14. The number of benzene rings is 2. The fraction of sp³-hybridized carbons (Fsp3) is 0.300. The number of nitrogens with one attached hydrogen (secondary N) is 1. The van der Waals surface area contributed by atoms with E-state index in [1.54, 1.807) is 0 Å². The van der Waals surface area contributed by atoms with Crippen LogP contribution in [0.3, 0.4) is 0 Å². The SMILES string of the molecule is O=C(O)C1CC1C(=O)NCc1cccc(COCc2ccccc2)c1. The summed E-state index contributed by atoms with van der Waals surface area (Å²) in [6, 6.07) is 17.8. The molecule has 0 heterocycles. The number of carboxylic acid groups (broad SMARTS) is 1. The highest BCUT2D eigenvalue weighted by atomic mass is 16.5. The number of carbonyl (C=O) groups excluding carboxylic acids is 1. The largest absolute Gasteiger partial charge is 0.481 e. The lowest BCUT2D eigenvalue weighted by molar-refractivity contribution is -0.140. The molecule has 0 spiro atoms. The average Bonchev–Trinajstić information content (AvgIpc) is 3.42. The van der Waals surface area contributed by atoms with Crippen molar-refractivity contribution >= 4 is 11.9 Å². The third-order valence-electron chi connectivity index (χ3n) is 4.28. The molecule has 2 aromatic carbocycles. The van der Waals surface area contributed by atoms with Crippen LogP contribution in [-0.2, 0) is 34.1 Å². The Balaban J connectivity index is 1.45. The van der Waals surface area contributed by atoms with Gasteiger partial charge in [-0.05, 0) is 23.1 Å². The molecule has 5 nitrogen and oxygen atoms in total. The van der Waals surface area contributed by atoms with Crippen molar-refractivity contribution in [1.29, 1.82) is 0 Å². The molecule has 0 aromatic heterocycles. The molecule has 25 heavy (non-hydrogen) atoms. The van der Waals surface area contributed by atoms with Crippen molar-refractivity contribution in [2.45, 2.75) is 26.2 Å². The molecule has 0 aliphatic heterocycles. The molecule has 1 saturated carbocycles. The second-order valence-electron chi connectivity index (χ2n) is 6.30. The average molecular weight is 339 g/mol. The summed E-state index contributed by atoms with van der Waals surface area (Å²) in [6.45, 7) is 1.45. The maximum Gasteiger partial charge on any atom is 0.307 e. The second-order valence-corrected chi connectivity index (χ2v) is 6.30. The standard InChI is InChI=1S/C20H21NO4/c22-19(17-10-18(17)20(23)24)21-11-15-7-4-8-16(9-15)13-25-12-14-5-2-1-3-6-14/h1-9,17-18H,10-13H2,(H,21,22)(H,23,24). The number of amides is 1. The number of ether oxygens (including phenoxy) is 1. The quantitative estimate of drug-likeness (QED) is 0.775. The van der Waals surface area contributed by atoms with Crippen LogP contribution in [0, 0.1) is 11.8 Å². The number of rotatable bonds is 8. The highest BCUT2D eigenvalue weighted by molar-refractivity contribution is 5.89. The molecule has 3 rings (SSSR count). The van der Waals surface area contributed by atoms with Crippen LogP contribution in [-0.4, -0.2) is 17.0 Å². The third-order valence-corrected chi connectivity index (χ3v) is 4.28. The monoisotopic (exact) mass is 339 g/mol. The predicted molar refractivity (Wildman–Crippen MR) is 92.5 cm³/mol. The predicted octanol–water partition coefficient (Wildman–Crippen LogP) is 2.74. The van der Waals surface area contributed by atoms with Gasteiger partial charge in [0.25, 0.3) is 0 Å². The Hall–Kier alpha value is -2.66. The molecular formula is C20H21NO4. The van der Waals surface area contributed by atoms with Crippen LogP contribution in [0.15, 0.2) is 54.6 Å². The van der Waals surface area contributed by atoms with Crippen LogP contribution >= 0.6 is 0 Å². The van der Waals surface area contributed by atoms with Gasteiger partial charge in [0.05, 0.1) is 25.0 Å². The van der Waals surface area contributed by atoms with Crippen LogP contribution in [0.2, 0.25) is 0 Å². The third kappa shape index (κ3) is 4.90. The molecule has 2 aromatic rings. The van der Waals surface area contributed by atoms with E-state index >= 15 is 0 Å². The van der Waals surface area contributed by atoms with Gasteiger partial charge in [-0.2, -0.15) is 0 Å². The highest BCUT2D eigenvalue weighted by Gasteiger charge is 2.48. The normalized spacial score (nSPS) is 18.6. The van der Waals surface area contributed by atoms with Crippen molar-refractivity contribution in [3.63, 3.8) is 0 Å². The Morgan fingerprint density at radius 3 is 2.36 bits per heavy atom. The highest BCUT2D eigenvalue weighted by Crippen LogP contribution is 2.38. The molecule has 5 heteroatoms. The lowest BCUT2D eigenvalue weighted by Gasteiger charge is -2.08. The zero-order valence-electron chi connectivity index (χ0n) is 13.9. The van der Waals surface area contributed by atoms with E-state index in [1.165, 1.54) is 0 Å². The lowest BCUT2D eigenvalue weighted by atomic mass is 10.1. The first kappa shape index (κ1) is 17.2. The summed E-state index contributed by atoms with van der Waals surface area (Å²) in [4.78, 5) is 22.7. The summed E-state index contributed by atoms with van der Waals surface area (Å²) in [5, 5.41) is 11.7. The smallest absolute Gasteiger partial charge is 0.307 e. The molecule has 2 atom stereocenters. The molecule has 1 fully saturated rings. The van der Waals surface area contributed by atoms with Gasteiger partial charge in [0.2, 0.25) is 5.91 Å². The van der Waals surface area contributed by atoms with E-state index in [0.29, 0.717) is 26.2 Å². The maximum atomic E-state index is 11.9. The fourth-order valence-corrected chi connectivity index (χ4v) is 2.77. The van der Waals surface area contributed by atoms with Gasteiger partial charge in [0, 0.05) is 6.54 Å². The first-order valence-electron chi connectivity index (χ1n) is 8.33. The van der Waals surface area contributed by atoms with E-state index < -0.39 is 11.9 Å².